The van der Waals surface area contributed by atoms with Gasteiger partial charge in [0.15, 0.2) is 5.69 Å². The highest BCUT2D eigenvalue weighted by molar-refractivity contribution is 6.34. The summed E-state index contributed by atoms with van der Waals surface area (Å²) in [6.07, 6.45) is 0. The number of aromatic carboxylic acids is 1. The average Bonchev–Trinajstić information content (AvgIpc) is 2.36. The van der Waals surface area contributed by atoms with Crippen LogP contribution in [-0.2, 0) is 0 Å². The largest absolute Gasteiger partial charge is 0.477 e. The van der Waals surface area contributed by atoms with Gasteiger partial charge in [-0.05, 0) is 24.3 Å². The van der Waals surface area contributed by atoms with Gasteiger partial charge in [-0.1, -0.05) is 23.2 Å². The minimum absolute atomic E-state index is 0.102. The number of halogens is 2. The van der Waals surface area contributed by atoms with Gasteiger partial charge in [0, 0.05) is 16.1 Å². The van der Waals surface area contributed by atoms with Gasteiger partial charge in [0.05, 0.1) is 4.92 Å². The normalized spacial score (nSPS) is 10.2. The molecule has 1 N–H and O–H groups in total. The Morgan fingerprint density at radius 3 is 2.38 bits per heavy atom. The maximum Gasteiger partial charge on any atom is 0.354 e. The molecule has 0 fully saturated rings. The van der Waals surface area contributed by atoms with E-state index in [0.29, 0.717) is 0 Å². The molecule has 2 aromatic rings. The van der Waals surface area contributed by atoms with Gasteiger partial charge in [-0.3, -0.25) is 10.1 Å². The second-order valence-electron chi connectivity index (χ2n) is 3.79. The van der Waals surface area contributed by atoms with Crippen molar-refractivity contribution in [2.45, 2.75) is 0 Å². The number of benzene rings is 1. The lowest BCUT2D eigenvalue weighted by Gasteiger charge is -2.07. The van der Waals surface area contributed by atoms with E-state index in [-0.39, 0.29) is 21.5 Å². The summed E-state index contributed by atoms with van der Waals surface area (Å²) in [5, 5.41) is 20.3. The van der Waals surface area contributed by atoms with E-state index >= 15 is 0 Å². The van der Waals surface area contributed by atoms with Crippen LogP contribution < -0.4 is 4.74 Å². The highest BCUT2D eigenvalue weighted by atomic mass is 35.5. The number of hydrogen-bond donors (Lipinski definition) is 1. The van der Waals surface area contributed by atoms with Crippen LogP contribution in [-0.4, -0.2) is 21.0 Å². The first-order valence-corrected chi connectivity index (χ1v) is 6.15. The third-order valence-corrected chi connectivity index (χ3v) is 2.74. The maximum absolute atomic E-state index is 10.9. The molecule has 2 rings (SSSR count). The minimum Gasteiger partial charge on any atom is -0.477 e. The number of carboxylic acids is 1. The fourth-order valence-electron chi connectivity index (χ4n) is 1.47. The second kappa shape index (κ2) is 5.94. The van der Waals surface area contributed by atoms with Crippen LogP contribution >= 0.6 is 23.2 Å². The number of ether oxygens (including phenoxy) is 1. The highest BCUT2D eigenvalue weighted by Gasteiger charge is 2.20. The van der Waals surface area contributed by atoms with Crippen LogP contribution in [0.1, 0.15) is 10.5 Å². The van der Waals surface area contributed by atoms with Crippen molar-refractivity contribution in [1.82, 2.24) is 4.98 Å². The summed E-state index contributed by atoms with van der Waals surface area (Å²) in [6, 6.07) is 6.19. The molecule has 0 unspecified atom stereocenters. The molecule has 0 radical (unpaired) electrons. The first-order chi connectivity index (χ1) is 9.86. The van der Waals surface area contributed by atoms with Crippen LogP contribution in [0.5, 0.6) is 11.6 Å². The van der Waals surface area contributed by atoms with Gasteiger partial charge in [0.2, 0.25) is 0 Å². The quantitative estimate of drug-likeness (QED) is 0.676. The molecule has 7 nitrogen and oxygen atoms in total. The third-order valence-electron chi connectivity index (χ3n) is 2.31. The van der Waals surface area contributed by atoms with Crippen LogP contribution in [0.2, 0.25) is 10.0 Å². The molecule has 0 saturated carbocycles. The summed E-state index contributed by atoms with van der Waals surface area (Å²) in [5.74, 6) is -1.69. The van der Waals surface area contributed by atoms with Crippen molar-refractivity contribution in [3.8, 4) is 11.6 Å². The predicted molar refractivity (Wildman–Crippen MR) is 74.4 cm³/mol. The standard InChI is InChI=1S/C12H6Cl2N2O5/c13-6-3-7(14)5-8(4-6)21-11-10(16(19)20)2-1-9(15-11)12(17)18/h1-5H,(H,17,18). The van der Waals surface area contributed by atoms with Gasteiger partial charge in [0.1, 0.15) is 5.75 Å². The van der Waals surface area contributed by atoms with E-state index in [0.717, 1.165) is 12.1 Å². The van der Waals surface area contributed by atoms with Crippen molar-refractivity contribution < 1.29 is 19.6 Å². The molecule has 1 aromatic heterocycles. The summed E-state index contributed by atoms with van der Waals surface area (Å²) >= 11 is 11.6. The predicted octanol–water partition coefficient (Wildman–Crippen LogP) is 3.79. The lowest BCUT2D eigenvalue weighted by molar-refractivity contribution is -0.386. The zero-order valence-corrected chi connectivity index (χ0v) is 11.6. The molecule has 0 bridgehead atoms. The molecule has 0 aliphatic carbocycles. The minimum atomic E-state index is -1.33. The number of rotatable bonds is 4. The van der Waals surface area contributed by atoms with Crippen molar-refractivity contribution in [3.63, 3.8) is 0 Å². The van der Waals surface area contributed by atoms with Crippen LogP contribution in [0.4, 0.5) is 5.69 Å². The summed E-state index contributed by atoms with van der Waals surface area (Å²) in [5.41, 5.74) is -0.861. The van der Waals surface area contributed by atoms with Gasteiger partial charge in [-0.2, -0.15) is 4.98 Å². The van der Waals surface area contributed by atoms with Gasteiger partial charge >= 0.3 is 11.7 Å². The van der Waals surface area contributed by atoms with E-state index in [1.165, 1.54) is 18.2 Å². The van der Waals surface area contributed by atoms with E-state index in [4.69, 9.17) is 33.0 Å². The van der Waals surface area contributed by atoms with E-state index in [1.54, 1.807) is 0 Å². The molecule has 0 atom stereocenters. The van der Waals surface area contributed by atoms with E-state index in [9.17, 15) is 14.9 Å². The maximum atomic E-state index is 10.9. The molecule has 9 heteroatoms. The first-order valence-electron chi connectivity index (χ1n) is 5.39. The SMILES string of the molecule is O=C(O)c1ccc([N+](=O)[O-])c(Oc2cc(Cl)cc(Cl)c2)n1. The third kappa shape index (κ3) is 3.59. The number of nitro groups is 1. The molecule has 0 aliphatic heterocycles. The molecule has 0 aliphatic rings. The van der Waals surface area contributed by atoms with Crippen molar-refractivity contribution >= 4 is 34.9 Å². The molecule has 0 saturated heterocycles. The van der Waals surface area contributed by atoms with Crippen LogP contribution in [0, 0.1) is 10.1 Å². The van der Waals surface area contributed by atoms with Crippen LogP contribution in [0.25, 0.3) is 0 Å². The lowest BCUT2D eigenvalue weighted by atomic mass is 10.3. The lowest BCUT2D eigenvalue weighted by Crippen LogP contribution is -2.03. The number of aromatic nitrogens is 1. The number of carbonyl (C=O) groups is 1. The van der Waals surface area contributed by atoms with Crippen molar-refractivity contribution in [2.24, 2.45) is 0 Å². The zero-order chi connectivity index (χ0) is 15.6. The fraction of sp³-hybridized carbons (Fsp3) is 0. The monoisotopic (exact) mass is 328 g/mol. The Morgan fingerprint density at radius 2 is 1.86 bits per heavy atom. The molecule has 0 spiro atoms. The average molecular weight is 329 g/mol. The van der Waals surface area contributed by atoms with E-state index in [1.807, 2.05) is 0 Å². The first kappa shape index (κ1) is 15.0. The second-order valence-corrected chi connectivity index (χ2v) is 4.66. The number of nitrogens with zero attached hydrogens (tertiary/aromatic N) is 2. The molecular weight excluding hydrogens is 323 g/mol. The molecule has 1 heterocycles. The zero-order valence-electron chi connectivity index (χ0n) is 10.1. The summed E-state index contributed by atoms with van der Waals surface area (Å²) in [4.78, 5) is 24.6. The number of carboxylic acid groups (broad SMARTS) is 1. The Bertz CT molecular complexity index is 715. The molecule has 0 amide bonds. The number of pyridine rings is 1. The molecular formula is C12H6Cl2N2O5. The Kier molecular flexibility index (Phi) is 4.25. The Hall–Kier alpha value is -2.38. The topological polar surface area (TPSA) is 103 Å². The van der Waals surface area contributed by atoms with E-state index < -0.39 is 22.5 Å². The van der Waals surface area contributed by atoms with Crippen molar-refractivity contribution in [3.05, 3.63) is 56.2 Å². The van der Waals surface area contributed by atoms with Gasteiger partial charge in [0.25, 0.3) is 5.88 Å². The Morgan fingerprint density at radius 1 is 1.24 bits per heavy atom. The van der Waals surface area contributed by atoms with Crippen LogP contribution in [0.15, 0.2) is 30.3 Å². The van der Waals surface area contributed by atoms with Gasteiger partial charge < -0.3 is 9.84 Å². The Balaban J connectivity index is 2.47. The Labute approximate surface area is 127 Å². The summed E-state index contributed by atoms with van der Waals surface area (Å²) < 4.78 is 5.24. The molecule has 108 valence electrons. The van der Waals surface area contributed by atoms with Crippen LogP contribution in [0.3, 0.4) is 0 Å². The van der Waals surface area contributed by atoms with Gasteiger partial charge in [-0.15, -0.1) is 0 Å². The van der Waals surface area contributed by atoms with Crippen molar-refractivity contribution in [1.29, 1.82) is 0 Å². The van der Waals surface area contributed by atoms with E-state index in [2.05, 4.69) is 4.98 Å². The highest BCUT2D eigenvalue weighted by Crippen LogP contribution is 2.32. The molecule has 21 heavy (non-hydrogen) atoms. The van der Waals surface area contributed by atoms with Crippen molar-refractivity contribution in [2.75, 3.05) is 0 Å². The smallest absolute Gasteiger partial charge is 0.354 e. The molecule has 1 aromatic carbocycles. The van der Waals surface area contributed by atoms with Gasteiger partial charge in [-0.25, -0.2) is 4.79 Å². The number of hydrogen-bond acceptors (Lipinski definition) is 5. The summed E-state index contributed by atoms with van der Waals surface area (Å²) in [7, 11) is 0. The summed E-state index contributed by atoms with van der Waals surface area (Å²) in [6.45, 7) is 0. The fourth-order valence-corrected chi connectivity index (χ4v) is 1.97.